The van der Waals surface area contributed by atoms with Crippen LogP contribution in [-0.4, -0.2) is 70.2 Å². The van der Waals surface area contributed by atoms with Crippen molar-refractivity contribution in [2.45, 2.75) is 6.04 Å². The summed E-state index contributed by atoms with van der Waals surface area (Å²) in [6.45, 7) is 0.685. The summed E-state index contributed by atoms with van der Waals surface area (Å²) >= 11 is 0. The predicted molar refractivity (Wildman–Crippen MR) is 95.1 cm³/mol. The average Bonchev–Trinajstić information content (AvgIpc) is 3.17. The number of hydrogen-bond donors (Lipinski definition) is 1. The van der Waals surface area contributed by atoms with Crippen molar-refractivity contribution in [3.8, 4) is 17.0 Å². The highest BCUT2D eigenvalue weighted by Crippen LogP contribution is 2.25. The molecule has 0 saturated carbocycles. The van der Waals surface area contributed by atoms with E-state index in [-0.39, 0.29) is 24.4 Å². The van der Waals surface area contributed by atoms with E-state index in [0.29, 0.717) is 30.2 Å². The molecule has 4 rings (SSSR count). The summed E-state index contributed by atoms with van der Waals surface area (Å²) in [5, 5.41) is 6.92. The second-order valence-corrected chi connectivity index (χ2v) is 6.56. The lowest BCUT2D eigenvalue weighted by Gasteiger charge is -2.42. The molecule has 3 heterocycles. The number of urea groups is 1. The molecule has 1 N–H and O–H groups in total. The molecule has 1 aromatic carbocycles. The molecule has 2 aliphatic heterocycles. The molecule has 0 aliphatic carbocycles. The van der Waals surface area contributed by atoms with Crippen molar-refractivity contribution >= 4 is 17.8 Å². The Balaban J connectivity index is 1.48. The largest absolute Gasteiger partial charge is 0.497 e. The molecular weight excluding hydrogens is 350 g/mol. The number of ether oxygens (including phenoxy) is 1. The van der Waals surface area contributed by atoms with E-state index in [4.69, 9.17) is 4.74 Å². The fraction of sp³-hybridized carbons (Fsp3) is 0.333. The molecule has 2 aromatic rings. The van der Waals surface area contributed by atoms with E-state index < -0.39 is 6.03 Å². The number of aromatic nitrogens is 2. The Morgan fingerprint density at radius 2 is 2.04 bits per heavy atom. The second kappa shape index (κ2) is 6.42. The highest BCUT2D eigenvalue weighted by Gasteiger charge is 2.43. The smallest absolute Gasteiger partial charge is 0.324 e. The standard InChI is InChI=1S/C18H19N5O4/c1-21-15(7-14(20-21)11-4-3-5-13(6-11)27-2)17(25)22-9-12(10-22)23-16(24)8-19-18(23)26/h3-7,12H,8-10H2,1-2H3,(H,19,26). The molecule has 2 aliphatic rings. The summed E-state index contributed by atoms with van der Waals surface area (Å²) in [5.74, 6) is 0.283. The Hall–Kier alpha value is -3.36. The maximum Gasteiger partial charge on any atom is 0.324 e. The zero-order valence-electron chi connectivity index (χ0n) is 15.0. The Kier molecular flexibility index (Phi) is 4.06. The van der Waals surface area contributed by atoms with Crippen LogP contribution in [0.3, 0.4) is 0 Å². The molecule has 9 heteroatoms. The van der Waals surface area contributed by atoms with Crippen molar-refractivity contribution in [3.63, 3.8) is 0 Å². The average molecular weight is 369 g/mol. The zero-order chi connectivity index (χ0) is 19.1. The van der Waals surface area contributed by atoms with Crippen LogP contribution < -0.4 is 10.1 Å². The molecule has 1 aromatic heterocycles. The minimum Gasteiger partial charge on any atom is -0.497 e. The van der Waals surface area contributed by atoms with Crippen molar-refractivity contribution in [2.75, 3.05) is 26.7 Å². The van der Waals surface area contributed by atoms with E-state index in [1.54, 1.807) is 25.1 Å². The fourth-order valence-electron chi connectivity index (χ4n) is 3.34. The molecule has 27 heavy (non-hydrogen) atoms. The van der Waals surface area contributed by atoms with Gasteiger partial charge in [0.2, 0.25) is 5.91 Å². The van der Waals surface area contributed by atoms with Crippen LogP contribution in [0.5, 0.6) is 5.75 Å². The van der Waals surface area contributed by atoms with Gasteiger partial charge in [-0.05, 0) is 18.2 Å². The molecule has 9 nitrogen and oxygen atoms in total. The van der Waals surface area contributed by atoms with E-state index in [9.17, 15) is 14.4 Å². The summed E-state index contributed by atoms with van der Waals surface area (Å²) in [5.41, 5.74) is 1.97. The van der Waals surface area contributed by atoms with Gasteiger partial charge in [-0.15, -0.1) is 0 Å². The summed E-state index contributed by atoms with van der Waals surface area (Å²) in [7, 11) is 3.31. The van der Waals surface area contributed by atoms with E-state index in [2.05, 4.69) is 10.4 Å². The topological polar surface area (TPSA) is 96.8 Å². The molecule has 4 amide bonds. The second-order valence-electron chi connectivity index (χ2n) is 6.56. The van der Waals surface area contributed by atoms with Gasteiger partial charge in [-0.2, -0.15) is 5.10 Å². The van der Waals surface area contributed by atoms with Gasteiger partial charge in [0.15, 0.2) is 0 Å². The van der Waals surface area contributed by atoms with Crippen molar-refractivity contribution in [3.05, 3.63) is 36.0 Å². The first kappa shape index (κ1) is 17.1. The lowest BCUT2D eigenvalue weighted by atomic mass is 10.1. The zero-order valence-corrected chi connectivity index (χ0v) is 15.0. The van der Waals surface area contributed by atoms with Gasteiger partial charge in [0.1, 0.15) is 11.4 Å². The Labute approximate surface area is 155 Å². The Morgan fingerprint density at radius 1 is 1.26 bits per heavy atom. The van der Waals surface area contributed by atoms with Crippen LogP contribution in [0.25, 0.3) is 11.3 Å². The molecular formula is C18H19N5O4. The lowest BCUT2D eigenvalue weighted by molar-refractivity contribution is -0.128. The Morgan fingerprint density at radius 3 is 2.70 bits per heavy atom. The number of amides is 4. The first-order valence-corrected chi connectivity index (χ1v) is 8.55. The third-order valence-electron chi connectivity index (χ3n) is 4.86. The number of carbonyl (C=O) groups is 3. The van der Waals surface area contributed by atoms with E-state index in [0.717, 1.165) is 5.56 Å². The maximum atomic E-state index is 12.8. The van der Waals surface area contributed by atoms with Crippen molar-refractivity contribution in [1.82, 2.24) is 24.9 Å². The third kappa shape index (κ3) is 2.90. The summed E-state index contributed by atoms with van der Waals surface area (Å²) in [4.78, 5) is 39.0. The predicted octanol–water partition coefficient (Wildman–Crippen LogP) is 0.472. The van der Waals surface area contributed by atoms with Crippen LogP contribution in [0.2, 0.25) is 0 Å². The van der Waals surface area contributed by atoms with Crippen LogP contribution in [-0.2, 0) is 11.8 Å². The van der Waals surface area contributed by atoms with Gasteiger partial charge in [0.05, 0.1) is 25.4 Å². The molecule has 0 bridgehead atoms. The van der Waals surface area contributed by atoms with E-state index >= 15 is 0 Å². The number of benzene rings is 1. The lowest BCUT2D eigenvalue weighted by Crippen LogP contribution is -2.62. The van der Waals surface area contributed by atoms with Crippen LogP contribution in [0.15, 0.2) is 30.3 Å². The number of imide groups is 1. The van der Waals surface area contributed by atoms with Crippen LogP contribution in [0.1, 0.15) is 10.5 Å². The summed E-state index contributed by atoms with van der Waals surface area (Å²) < 4.78 is 6.77. The monoisotopic (exact) mass is 369 g/mol. The number of carbonyl (C=O) groups excluding carboxylic acids is 3. The molecule has 2 saturated heterocycles. The normalized spacial score (nSPS) is 17.1. The third-order valence-corrected chi connectivity index (χ3v) is 4.86. The molecule has 0 unspecified atom stereocenters. The van der Waals surface area contributed by atoms with Gasteiger partial charge >= 0.3 is 6.03 Å². The van der Waals surface area contributed by atoms with Crippen LogP contribution in [0, 0.1) is 0 Å². The summed E-state index contributed by atoms with van der Waals surface area (Å²) in [6, 6.07) is 8.53. The van der Waals surface area contributed by atoms with Gasteiger partial charge in [-0.25, -0.2) is 4.79 Å². The van der Waals surface area contributed by atoms with Crippen molar-refractivity contribution < 1.29 is 19.1 Å². The molecule has 0 radical (unpaired) electrons. The quantitative estimate of drug-likeness (QED) is 0.791. The first-order valence-electron chi connectivity index (χ1n) is 8.55. The molecule has 140 valence electrons. The number of likely N-dealkylation sites (tertiary alicyclic amines) is 1. The highest BCUT2D eigenvalue weighted by molar-refractivity contribution is 6.03. The first-order chi connectivity index (χ1) is 13.0. The van der Waals surface area contributed by atoms with Gasteiger partial charge in [0, 0.05) is 25.7 Å². The number of methoxy groups -OCH3 is 1. The van der Waals surface area contributed by atoms with E-state index in [1.165, 1.54) is 9.58 Å². The number of hydrogen-bond acceptors (Lipinski definition) is 5. The number of nitrogens with zero attached hydrogens (tertiary/aromatic N) is 4. The number of aryl methyl sites for hydroxylation is 1. The van der Waals surface area contributed by atoms with Gasteiger partial charge in [0.25, 0.3) is 5.91 Å². The number of nitrogens with one attached hydrogen (secondary N) is 1. The molecule has 0 spiro atoms. The van der Waals surface area contributed by atoms with Crippen LogP contribution >= 0.6 is 0 Å². The van der Waals surface area contributed by atoms with Crippen molar-refractivity contribution in [1.29, 1.82) is 0 Å². The summed E-state index contributed by atoms with van der Waals surface area (Å²) in [6.07, 6.45) is 0. The maximum absolute atomic E-state index is 12.8. The number of rotatable bonds is 4. The van der Waals surface area contributed by atoms with Crippen molar-refractivity contribution in [2.24, 2.45) is 7.05 Å². The van der Waals surface area contributed by atoms with E-state index in [1.807, 2.05) is 24.3 Å². The minimum atomic E-state index is -0.391. The molecule has 2 fully saturated rings. The SMILES string of the molecule is COc1cccc(-c2cc(C(=O)N3CC(N4C(=O)CNC4=O)C3)n(C)n2)c1. The van der Waals surface area contributed by atoms with Gasteiger partial charge in [-0.3, -0.25) is 19.2 Å². The Bertz CT molecular complexity index is 916. The minimum absolute atomic E-state index is 0.0227. The fourth-order valence-corrected chi connectivity index (χ4v) is 3.34. The van der Waals surface area contributed by atoms with Gasteiger partial charge in [-0.1, -0.05) is 12.1 Å². The van der Waals surface area contributed by atoms with Crippen LogP contribution in [0.4, 0.5) is 4.79 Å². The highest BCUT2D eigenvalue weighted by atomic mass is 16.5. The van der Waals surface area contributed by atoms with Gasteiger partial charge < -0.3 is 15.0 Å². The molecule has 0 atom stereocenters.